The SMILES string of the molecule is COc1ncccc1C(=O)N1CCCC(c2ncc(Cc3ccccc3)o2)C1. The molecule has 0 aliphatic carbocycles. The second kappa shape index (κ2) is 8.25. The summed E-state index contributed by atoms with van der Waals surface area (Å²) in [6.07, 6.45) is 6.01. The summed E-state index contributed by atoms with van der Waals surface area (Å²) < 4.78 is 11.3. The summed E-state index contributed by atoms with van der Waals surface area (Å²) >= 11 is 0. The molecule has 0 radical (unpaired) electrons. The molecule has 6 nitrogen and oxygen atoms in total. The number of pyridine rings is 1. The molecule has 1 atom stereocenters. The standard InChI is InChI=1S/C22H23N3O3/c1-27-21-19(10-5-11-23-21)22(26)25-12-6-9-17(15-25)20-24-14-18(28-20)13-16-7-3-2-4-8-16/h2-5,7-8,10-11,14,17H,6,9,12-13,15H2,1H3. The first-order valence-electron chi connectivity index (χ1n) is 9.51. The third kappa shape index (κ3) is 3.91. The van der Waals surface area contributed by atoms with Crippen LogP contribution < -0.4 is 4.74 Å². The van der Waals surface area contributed by atoms with Crippen LogP contribution in [0.1, 0.15) is 46.3 Å². The van der Waals surface area contributed by atoms with E-state index in [0.29, 0.717) is 30.4 Å². The quantitative estimate of drug-likeness (QED) is 0.678. The van der Waals surface area contributed by atoms with Crippen LogP contribution in [0.15, 0.2) is 59.3 Å². The summed E-state index contributed by atoms with van der Waals surface area (Å²) in [5.41, 5.74) is 1.68. The van der Waals surface area contributed by atoms with Gasteiger partial charge in [-0.1, -0.05) is 30.3 Å². The fraction of sp³-hybridized carbons (Fsp3) is 0.318. The lowest BCUT2D eigenvalue weighted by molar-refractivity contribution is 0.0693. The van der Waals surface area contributed by atoms with Crippen molar-refractivity contribution in [2.24, 2.45) is 0 Å². The highest BCUT2D eigenvalue weighted by Gasteiger charge is 2.29. The molecule has 3 aromatic rings. The molecule has 3 heterocycles. The molecule has 28 heavy (non-hydrogen) atoms. The molecule has 0 N–H and O–H groups in total. The average Bonchev–Trinajstić information content (AvgIpc) is 3.22. The number of hydrogen-bond acceptors (Lipinski definition) is 5. The molecule has 1 fully saturated rings. The highest BCUT2D eigenvalue weighted by Crippen LogP contribution is 2.29. The molecule has 144 valence electrons. The number of aromatic nitrogens is 2. The van der Waals surface area contributed by atoms with Crippen molar-refractivity contribution in [3.63, 3.8) is 0 Å². The Morgan fingerprint density at radius 3 is 2.89 bits per heavy atom. The lowest BCUT2D eigenvalue weighted by Crippen LogP contribution is -2.39. The molecule has 1 aliphatic heterocycles. The number of piperidine rings is 1. The van der Waals surface area contributed by atoms with Crippen LogP contribution >= 0.6 is 0 Å². The lowest BCUT2D eigenvalue weighted by Gasteiger charge is -2.31. The molecule has 1 aromatic carbocycles. The maximum Gasteiger partial charge on any atom is 0.259 e. The average molecular weight is 377 g/mol. The zero-order chi connectivity index (χ0) is 19.3. The van der Waals surface area contributed by atoms with E-state index in [9.17, 15) is 4.79 Å². The van der Waals surface area contributed by atoms with Crippen molar-refractivity contribution in [1.82, 2.24) is 14.9 Å². The largest absolute Gasteiger partial charge is 0.480 e. The van der Waals surface area contributed by atoms with Gasteiger partial charge in [0.2, 0.25) is 5.88 Å². The molecule has 0 saturated carbocycles. The predicted molar refractivity (Wildman–Crippen MR) is 104 cm³/mol. The van der Waals surface area contributed by atoms with E-state index in [1.54, 1.807) is 24.5 Å². The Morgan fingerprint density at radius 2 is 2.07 bits per heavy atom. The second-order valence-electron chi connectivity index (χ2n) is 6.98. The third-order valence-corrected chi connectivity index (χ3v) is 5.05. The number of oxazole rings is 1. The van der Waals surface area contributed by atoms with Gasteiger partial charge in [0.15, 0.2) is 5.89 Å². The molecular formula is C22H23N3O3. The van der Waals surface area contributed by atoms with Gasteiger partial charge in [-0.15, -0.1) is 0 Å². The maximum atomic E-state index is 13.0. The van der Waals surface area contributed by atoms with Crippen molar-refractivity contribution in [3.05, 3.63) is 77.6 Å². The first-order valence-corrected chi connectivity index (χ1v) is 9.51. The summed E-state index contributed by atoms with van der Waals surface area (Å²) in [6, 6.07) is 13.7. The summed E-state index contributed by atoms with van der Waals surface area (Å²) in [4.78, 5) is 23.4. The van der Waals surface area contributed by atoms with Crippen LogP contribution in [0.3, 0.4) is 0 Å². The van der Waals surface area contributed by atoms with E-state index in [1.165, 1.54) is 12.7 Å². The van der Waals surface area contributed by atoms with Crippen LogP contribution in [0.5, 0.6) is 5.88 Å². The van der Waals surface area contributed by atoms with Crippen molar-refractivity contribution >= 4 is 5.91 Å². The number of benzene rings is 1. The zero-order valence-electron chi connectivity index (χ0n) is 15.9. The second-order valence-corrected chi connectivity index (χ2v) is 6.98. The van der Waals surface area contributed by atoms with Gasteiger partial charge in [-0.25, -0.2) is 9.97 Å². The highest BCUT2D eigenvalue weighted by atomic mass is 16.5. The van der Waals surface area contributed by atoms with Gasteiger partial charge in [-0.05, 0) is 30.5 Å². The molecule has 1 aliphatic rings. The number of rotatable bonds is 5. The molecule has 0 bridgehead atoms. The molecule has 1 saturated heterocycles. The molecule has 4 rings (SSSR count). The van der Waals surface area contributed by atoms with E-state index in [0.717, 1.165) is 25.0 Å². The number of likely N-dealkylation sites (tertiary alicyclic amines) is 1. The van der Waals surface area contributed by atoms with Gasteiger partial charge in [-0.2, -0.15) is 0 Å². The summed E-state index contributed by atoms with van der Waals surface area (Å²) in [7, 11) is 1.53. The van der Waals surface area contributed by atoms with Crippen LogP contribution in [0, 0.1) is 0 Å². The van der Waals surface area contributed by atoms with E-state index < -0.39 is 0 Å². The fourth-order valence-electron chi connectivity index (χ4n) is 3.64. The van der Waals surface area contributed by atoms with Crippen molar-refractivity contribution < 1.29 is 13.9 Å². The van der Waals surface area contributed by atoms with Gasteiger partial charge < -0.3 is 14.1 Å². The molecule has 1 unspecified atom stereocenters. The third-order valence-electron chi connectivity index (χ3n) is 5.05. The Morgan fingerprint density at radius 1 is 1.21 bits per heavy atom. The molecular weight excluding hydrogens is 354 g/mol. The van der Waals surface area contributed by atoms with E-state index >= 15 is 0 Å². The normalized spacial score (nSPS) is 16.8. The number of amides is 1. The van der Waals surface area contributed by atoms with Crippen LogP contribution in [0.2, 0.25) is 0 Å². The topological polar surface area (TPSA) is 68.5 Å². The zero-order valence-corrected chi connectivity index (χ0v) is 15.9. The minimum absolute atomic E-state index is 0.0642. The van der Waals surface area contributed by atoms with Crippen LogP contribution in [-0.2, 0) is 6.42 Å². The van der Waals surface area contributed by atoms with Crippen LogP contribution in [0.4, 0.5) is 0 Å². The van der Waals surface area contributed by atoms with Crippen molar-refractivity contribution in [2.45, 2.75) is 25.2 Å². The van der Waals surface area contributed by atoms with Crippen molar-refractivity contribution in [3.8, 4) is 5.88 Å². The fourth-order valence-corrected chi connectivity index (χ4v) is 3.64. The predicted octanol–water partition coefficient (Wildman–Crippen LogP) is 3.69. The molecule has 6 heteroatoms. The Hall–Kier alpha value is -3.15. The Bertz CT molecular complexity index is 939. The number of carbonyl (C=O) groups excluding carboxylic acids is 1. The summed E-state index contributed by atoms with van der Waals surface area (Å²) in [5, 5.41) is 0. The van der Waals surface area contributed by atoms with Crippen LogP contribution in [0.25, 0.3) is 0 Å². The van der Waals surface area contributed by atoms with Gasteiger partial charge >= 0.3 is 0 Å². The Labute approximate surface area is 164 Å². The van der Waals surface area contributed by atoms with Gasteiger partial charge in [-0.3, -0.25) is 4.79 Å². The smallest absolute Gasteiger partial charge is 0.259 e. The number of nitrogens with zero attached hydrogens (tertiary/aromatic N) is 3. The molecule has 0 spiro atoms. The number of ether oxygens (including phenoxy) is 1. The van der Waals surface area contributed by atoms with Crippen molar-refractivity contribution in [1.29, 1.82) is 0 Å². The Kier molecular flexibility index (Phi) is 5.37. The first-order chi connectivity index (χ1) is 13.7. The maximum absolute atomic E-state index is 13.0. The van der Waals surface area contributed by atoms with E-state index in [1.807, 2.05) is 23.1 Å². The van der Waals surface area contributed by atoms with E-state index in [-0.39, 0.29) is 11.8 Å². The highest BCUT2D eigenvalue weighted by molar-refractivity contribution is 5.96. The minimum atomic E-state index is -0.0642. The Balaban J connectivity index is 1.46. The van der Waals surface area contributed by atoms with E-state index in [4.69, 9.17) is 9.15 Å². The first kappa shape index (κ1) is 18.2. The number of hydrogen-bond donors (Lipinski definition) is 0. The lowest BCUT2D eigenvalue weighted by atomic mass is 9.97. The molecule has 1 amide bonds. The summed E-state index contributed by atoms with van der Waals surface area (Å²) in [6.45, 7) is 1.30. The summed E-state index contributed by atoms with van der Waals surface area (Å²) in [5.74, 6) is 1.95. The van der Waals surface area contributed by atoms with Crippen LogP contribution in [-0.4, -0.2) is 41.0 Å². The molecule has 2 aromatic heterocycles. The van der Waals surface area contributed by atoms with Gasteiger partial charge in [0.1, 0.15) is 11.3 Å². The van der Waals surface area contributed by atoms with E-state index in [2.05, 4.69) is 22.1 Å². The van der Waals surface area contributed by atoms with Gasteiger partial charge in [0.25, 0.3) is 5.91 Å². The van der Waals surface area contributed by atoms with Gasteiger partial charge in [0, 0.05) is 25.7 Å². The van der Waals surface area contributed by atoms with Crippen molar-refractivity contribution in [2.75, 3.05) is 20.2 Å². The minimum Gasteiger partial charge on any atom is -0.480 e. The number of carbonyl (C=O) groups is 1. The monoisotopic (exact) mass is 377 g/mol. The van der Waals surface area contributed by atoms with Gasteiger partial charge in [0.05, 0.1) is 19.2 Å². The number of methoxy groups -OCH3 is 1.